The van der Waals surface area contributed by atoms with Crippen LogP contribution in [0.3, 0.4) is 0 Å². The minimum atomic E-state index is -4.14. The molecule has 8 aromatic rings. The Morgan fingerprint density at radius 1 is 0.306 bits per heavy atom. The van der Waals surface area contributed by atoms with Gasteiger partial charge in [-0.3, -0.25) is 0 Å². The molecule has 0 unspecified atom stereocenters. The van der Waals surface area contributed by atoms with Gasteiger partial charge in [0.1, 0.15) is 0 Å². The zero-order chi connectivity index (χ0) is 33.2. The van der Waals surface area contributed by atoms with E-state index in [1.807, 2.05) is 121 Å². The zero-order valence-electron chi connectivity index (χ0n) is 26.6. The molecule has 0 spiro atoms. The number of hydrogen-bond donors (Lipinski definition) is 0. The van der Waals surface area contributed by atoms with Crippen LogP contribution >= 0.6 is 15.8 Å². The molecule has 8 aromatic carbocycles. The summed E-state index contributed by atoms with van der Waals surface area (Å²) in [6, 6.07) is 65.4. The van der Waals surface area contributed by atoms with Crippen molar-refractivity contribution in [3.63, 3.8) is 0 Å². The van der Waals surface area contributed by atoms with Crippen LogP contribution in [0, 0.1) is 0 Å². The van der Waals surface area contributed by atoms with E-state index in [-0.39, 0.29) is 0 Å². The Kier molecular flexibility index (Phi) is 8.67. The summed E-state index contributed by atoms with van der Waals surface area (Å²) in [5.41, 5.74) is 0. The van der Waals surface area contributed by atoms with Gasteiger partial charge in [-0.15, -0.1) is 0 Å². The van der Waals surface area contributed by atoms with E-state index in [4.69, 9.17) is 0 Å². The van der Waals surface area contributed by atoms with E-state index in [0.717, 1.165) is 53.4 Å². The lowest BCUT2D eigenvalue weighted by Crippen LogP contribution is -2.29. The minimum Gasteiger partial charge on any atom is -0.218 e. The summed E-state index contributed by atoms with van der Waals surface area (Å²) in [6.45, 7) is 0. The molecule has 2 nitrogen and oxygen atoms in total. The number of hydrogen-bond acceptors (Lipinski definition) is 2. The maximum absolute atomic E-state index is 16.1. The van der Waals surface area contributed by atoms with E-state index >= 15 is 8.42 Å². The normalized spacial score (nSPS) is 11.8. The van der Waals surface area contributed by atoms with E-state index in [9.17, 15) is 0 Å². The molecule has 0 bridgehead atoms. The van der Waals surface area contributed by atoms with Crippen molar-refractivity contribution in [1.82, 2.24) is 0 Å². The van der Waals surface area contributed by atoms with Crippen LogP contribution in [0.5, 0.6) is 0 Å². The Balaban J connectivity index is 1.49. The first-order chi connectivity index (χ1) is 24.1. The van der Waals surface area contributed by atoms with Crippen LogP contribution in [0.2, 0.25) is 0 Å². The maximum atomic E-state index is 16.1. The lowest BCUT2D eigenvalue weighted by Gasteiger charge is -2.26. The molecule has 0 atom stereocenters. The third-order valence-corrected chi connectivity index (χ3v) is 16.0. The molecule has 0 aliphatic carbocycles. The topological polar surface area (TPSA) is 34.1 Å². The smallest absolute Gasteiger partial charge is 0.209 e. The second-order valence-corrected chi connectivity index (χ2v) is 18.0. The highest BCUT2D eigenvalue weighted by atomic mass is 32.2. The molecular formula is C44H32O2P2S. The predicted molar refractivity (Wildman–Crippen MR) is 211 cm³/mol. The fourth-order valence-corrected chi connectivity index (χ4v) is 14.4. The van der Waals surface area contributed by atoms with Crippen molar-refractivity contribution in [3.05, 3.63) is 194 Å². The SMILES string of the molecule is O=S(=O)(c1c(P(c2ccccc2)c2ccccc2)ccc2ccccc12)c1c(P(c2ccccc2)c2ccccc2)ccc2ccccc12. The average Bonchev–Trinajstić information content (AvgIpc) is 3.16. The summed E-state index contributed by atoms with van der Waals surface area (Å²) >= 11 is 0. The Labute approximate surface area is 290 Å². The molecule has 0 saturated carbocycles. The van der Waals surface area contributed by atoms with Crippen molar-refractivity contribution in [1.29, 1.82) is 0 Å². The molecule has 0 heterocycles. The lowest BCUT2D eigenvalue weighted by molar-refractivity contribution is 0.599. The van der Waals surface area contributed by atoms with Gasteiger partial charge >= 0.3 is 0 Å². The number of sulfone groups is 1. The molecule has 8 rings (SSSR count). The lowest BCUT2D eigenvalue weighted by atomic mass is 10.1. The van der Waals surface area contributed by atoms with Crippen molar-refractivity contribution in [3.8, 4) is 0 Å². The van der Waals surface area contributed by atoms with Gasteiger partial charge in [-0.1, -0.05) is 194 Å². The number of rotatable bonds is 8. The highest BCUT2D eigenvalue weighted by molar-refractivity contribution is 7.94. The van der Waals surface area contributed by atoms with Crippen LogP contribution < -0.4 is 31.8 Å². The van der Waals surface area contributed by atoms with Crippen LogP contribution in [0.15, 0.2) is 204 Å². The quantitative estimate of drug-likeness (QED) is 0.151. The van der Waals surface area contributed by atoms with Crippen LogP contribution in [0.25, 0.3) is 21.5 Å². The summed E-state index contributed by atoms with van der Waals surface area (Å²) < 4.78 is 32.1. The predicted octanol–water partition coefficient (Wildman–Crippen LogP) is 8.34. The molecule has 0 radical (unpaired) electrons. The molecule has 0 saturated heterocycles. The minimum absolute atomic E-state index is 0.387. The molecular weight excluding hydrogens is 654 g/mol. The highest BCUT2D eigenvalue weighted by Gasteiger charge is 2.34. The average molecular weight is 687 g/mol. The molecule has 49 heavy (non-hydrogen) atoms. The van der Waals surface area contributed by atoms with E-state index < -0.39 is 25.7 Å². The first kappa shape index (κ1) is 31.4. The van der Waals surface area contributed by atoms with E-state index in [1.165, 1.54) is 0 Å². The molecule has 0 N–H and O–H groups in total. The highest BCUT2D eigenvalue weighted by Crippen LogP contribution is 2.43. The van der Waals surface area contributed by atoms with Crippen molar-refractivity contribution in [2.75, 3.05) is 0 Å². The molecule has 0 aliphatic rings. The fraction of sp³-hybridized carbons (Fsp3) is 0. The first-order valence-corrected chi connectivity index (χ1v) is 20.4. The van der Waals surface area contributed by atoms with E-state index in [1.54, 1.807) is 0 Å². The summed E-state index contributed by atoms with van der Waals surface area (Å²) in [7, 11) is -6.59. The van der Waals surface area contributed by atoms with Gasteiger partial charge in [-0.05, 0) is 47.8 Å². The largest absolute Gasteiger partial charge is 0.218 e. The summed E-state index contributed by atoms with van der Waals surface area (Å²) in [6.07, 6.45) is 0. The monoisotopic (exact) mass is 686 g/mol. The second-order valence-electron chi connectivity index (χ2n) is 11.8. The van der Waals surface area contributed by atoms with Crippen molar-refractivity contribution in [2.45, 2.75) is 9.79 Å². The Hall–Kier alpha value is -4.91. The van der Waals surface area contributed by atoms with Crippen molar-refractivity contribution in [2.24, 2.45) is 0 Å². The Morgan fingerprint density at radius 2 is 0.592 bits per heavy atom. The van der Waals surface area contributed by atoms with Gasteiger partial charge < -0.3 is 0 Å². The van der Waals surface area contributed by atoms with Crippen LogP contribution in [0.4, 0.5) is 0 Å². The van der Waals surface area contributed by atoms with E-state index in [0.29, 0.717) is 9.79 Å². The zero-order valence-corrected chi connectivity index (χ0v) is 29.2. The summed E-state index contributed by atoms with van der Waals surface area (Å²) in [5.74, 6) is 0. The molecule has 236 valence electrons. The van der Waals surface area contributed by atoms with Gasteiger partial charge in [-0.2, -0.15) is 0 Å². The summed E-state index contributed by atoms with van der Waals surface area (Å²) in [5, 5.41) is 9.33. The maximum Gasteiger partial charge on any atom is 0.209 e. The molecule has 5 heteroatoms. The van der Waals surface area contributed by atoms with Crippen molar-refractivity contribution >= 4 is 79.1 Å². The Morgan fingerprint density at radius 3 is 0.918 bits per heavy atom. The van der Waals surface area contributed by atoms with Gasteiger partial charge in [0.2, 0.25) is 9.84 Å². The molecule has 0 aromatic heterocycles. The standard InChI is InChI=1S/C44H32O2P2S/c45-49(46,43-39-27-15-13-17-33(39)29-31-41(43)47(35-19-5-1-6-20-35)36-21-7-2-8-22-36)44-40-28-16-14-18-34(40)30-32-42(44)48(37-23-9-3-10-24-37)38-25-11-4-12-26-38/h1-32H. The van der Waals surface area contributed by atoms with Gasteiger partial charge in [0.25, 0.3) is 0 Å². The van der Waals surface area contributed by atoms with Gasteiger partial charge in [0.05, 0.1) is 9.79 Å². The van der Waals surface area contributed by atoms with Crippen LogP contribution in [-0.2, 0) is 9.84 Å². The number of fused-ring (bicyclic) bond motifs is 2. The van der Waals surface area contributed by atoms with Crippen molar-refractivity contribution < 1.29 is 8.42 Å². The van der Waals surface area contributed by atoms with Gasteiger partial charge in [0.15, 0.2) is 0 Å². The van der Waals surface area contributed by atoms with Crippen LogP contribution in [0.1, 0.15) is 0 Å². The molecule has 0 fully saturated rings. The molecule has 0 aliphatic heterocycles. The summed E-state index contributed by atoms with van der Waals surface area (Å²) in [4.78, 5) is 0.774. The fourth-order valence-electron chi connectivity index (χ4n) is 6.64. The van der Waals surface area contributed by atoms with Gasteiger partial charge in [0, 0.05) is 21.4 Å². The third kappa shape index (κ3) is 5.90. The second kappa shape index (κ2) is 13.5. The third-order valence-electron chi connectivity index (χ3n) is 8.79. The molecule has 0 amide bonds. The Bertz CT molecular complexity index is 2250. The number of benzene rings is 8. The van der Waals surface area contributed by atoms with Crippen LogP contribution in [-0.4, -0.2) is 8.42 Å². The van der Waals surface area contributed by atoms with E-state index in [2.05, 4.69) is 72.8 Å². The van der Waals surface area contributed by atoms with Gasteiger partial charge in [-0.25, -0.2) is 8.42 Å². The first-order valence-electron chi connectivity index (χ1n) is 16.2.